The molecule has 0 aliphatic carbocycles. The predicted octanol–water partition coefficient (Wildman–Crippen LogP) is 3.49. The highest BCUT2D eigenvalue weighted by Gasteiger charge is 2.27. The molecule has 29 heavy (non-hydrogen) atoms. The minimum atomic E-state index is -4.04. The lowest BCUT2D eigenvalue weighted by atomic mass is 10.1. The minimum Gasteiger partial charge on any atom is -0.320 e. The largest absolute Gasteiger partial charge is 0.320 e. The smallest absolute Gasteiger partial charge is 0.243 e. The van der Waals surface area contributed by atoms with Crippen LogP contribution in [0.2, 0.25) is 0 Å². The molecule has 0 unspecified atom stereocenters. The van der Waals surface area contributed by atoms with Crippen molar-refractivity contribution in [1.82, 2.24) is 4.72 Å². The summed E-state index contributed by atoms with van der Waals surface area (Å²) in [6.07, 6.45) is -0.00515. The molecule has 0 fully saturated rings. The first kappa shape index (κ1) is 20.6. The van der Waals surface area contributed by atoms with Crippen molar-refractivity contribution in [2.24, 2.45) is 0 Å². The van der Waals surface area contributed by atoms with Crippen molar-refractivity contribution in [2.45, 2.75) is 17.4 Å². The van der Waals surface area contributed by atoms with Gasteiger partial charge in [-0.15, -0.1) is 0 Å². The summed E-state index contributed by atoms with van der Waals surface area (Å²) in [6.45, 7) is 0. The molecule has 8 heteroatoms. The molecule has 1 amide bonds. The third-order valence-electron chi connectivity index (χ3n) is 4.16. The van der Waals surface area contributed by atoms with Gasteiger partial charge in [-0.3, -0.25) is 4.79 Å². The van der Waals surface area contributed by atoms with Gasteiger partial charge in [-0.25, -0.2) is 17.2 Å². The minimum absolute atomic E-state index is 0.00515. The van der Waals surface area contributed by atoms with Crippen LogP contribution in [0.25, 0.3) is 0 Å². The maximum Gasteiger partial charge on any atom is 0.243 e. The Morgan fingerprint density at radius 3 is 1.97 bits per heavy atom. The van der Waals surface area contributed by atoms with E-state index in [1.165, 1.54) is 18.2 Å². The SMILES string of the molecule is O=C(Nc1c(F)cccc1F)[C@@H](Cc1ccccc1)NS(=O)(=O)c1ccccc1. The highest BCUT2D eigenvalue weighted by molar-refractivity contribution is 7.89. The summed E-state index contributed by atoms with van der Waals surface area (Å²) in [5, 5.41) is 2.16. The molecule has 1 atom stereocenters. The maximum absolute atomic E-state index is 13.9. The standard InChI is InChI=1S/C21H18F2N2O3S/c22-17-12-7-13-18(23)20(17)24-21(26)19(14-15-8-3-1-4-9-15)25-29(27,28)16-10-5-2-6-11-16/h1-13,19,25H,14H2,(H,24,26)/t19-/m1/s1. The number of halogens is 2. The second kappa shape index (κ2) is 8.93. The highest BCUT2D eigenvalue weighted by Crippen LogP contribution is 2.19. The Kier molecular flexibility index (Phi) is 6.36. The fourth-order valence-electron chi connectivity index (χ4n) is 2.72. The van der Waals surface area contributed by atoms with Crippen LogP contribution in [-0.2, 0) is 21.2 Å². The van der Waals surface area contributed by atoms with Crippen LogP contribution in [0.1, 0.15) is 5.56 Å². The highest BCUT2D eigenvalue weighted by atomic mass is 32.2. The average molecular weight is 416 g/mol. The molecule has 150 valence electrons. The van der Waals surface area contributed by atoms with E-state index in [1.807, 2.05) is 0 Å². The molecular weight excluding hydrogens is 398 g/mol. The number of nitrogens with one attached hydrogen (secondary N) is 2. The molecule has 3 aromatic carbocycles. The Labute approximate surface area is 167 Å². The predicted molar refractivity (Wildman–Crippen MR) is 106 cm³/mol. The van der Waals surface area contributed by atoms with Gasteiger partial charge < -0.3 is 5.32 Å². The molecule has 2 N–H and O–H groups in total. The third kappa shape index (κ3) is 5.24. The number of carbonyl (C=O) groups is 1. The molecule has 5 nitrogen and oxygen atoms in total. The number of carbonyl (C=O) groups excluding carboxylic acids is 1. The first-order chi connectivity index (χ1) is 13.9. The van der Waals surface area contributed by atoms with Crippen molar-refractivity contribution >= 4 is 21.6 Å². The molecule has 3 aromatic rings. The van der Waals surface area contributed by atoms with E-state index < -0.39 is 39.3 Å². The summed E-state index contributed by atoms with van der Waals surface area (Å²) < 4.78 is 55.5. The molecule has 0 saturated heterocycles. The van der Waals surface area contributed by atoms with Crippen LogP contribution >= 0.6 is 0 Å². The zero-order chi connectivity index (χ0) is 20.9. The van der Waals surface area contributed by atoms with E-state index in [9.17, 15) is 22.0 Å². The third-order valence-corrected chi connectivity index (χ3v) is 5.65. The fraction of sp³-hybridized carbons (Fsp3) is 0.0952. The lowest BCUT2D eigenvalue weighted by molar-refractivity contribution is -0.117. The van der Waals surface area contributed by atoms with Crippen molar-refractivity contribution in [2.75, 3.05) is 5.32 Å². The van der Waals surface area contributed by atoms with Crippen molar-refractivity contribution < 1.29 is 22.0 Å². The zero-order valence-electron chi connectivity index (χ0n) is 15.2. The van der Waals surface area contributed by atoms with Gasteiger partial charge in [-0.1, -0.05) is 54.6 Å². The van der Waals surface area contributed by atoms with Gasteiger partial charge in [0.1, 0.15) is 23.4 Å². The molecule has 3 rings (SSSR count). The van der Waals surface area contributed by atoms with Gasteiger partial charge in [-0.05, 0) is 36.2 Å². The maximum atomic E-state index is 13.9. The summed E-state index contributed by atoms with van der Waals surface area (Å²) in [7, 11) is -4.04. The second-order valence-electron chi connectivity index (χ2n) is 6.26. The van der Waals surface area contributed by atoms with Gasteiger partial charge in [0.2, 0.25) is 15.9 Å². The summed E-state index contributed by atoms with van der Waals surface area (Å²) >= 11 is 0. The normalized spacial score (nSPS) is 12.3. The number of para-hydroxylation sites is 1. The topological polar surface area (TPSA) is 75.3 Å². The molecule has 0 heterocycles. The van der Waals surface area contributed by atoms with Crippen LogP contribution in [0.4, 0.5) is 14.5 Å². The first-order valence-electron chi connectivity index (χ1n) is 8.73. The summed E-state index contributed by atoms with van der Waals surface area (Å²) in [5.74, 6) is -2.79. The van der Waals surface area contributed by atoms with Gasteiger partial charge in [0, 0.05) is 0 Å². The molecule has 0 bridgehead atoms. The van der Waals surface area contributed by atoms with Crippen molar-refractivity contribution in [3.8, 4) is 0 Å². The molecular formula is C21H18F2N2O3S. The lowest BCUT2D eigenvalue weighted by Crippen LogP contribution is -2.45. The summed E-state index contributed by atoms with van der Waals surface area (Å²) in [6, 6.07) is 18.1. The summed E-state index contributed by atoms with van der Waals surface area (Å²) in [4.78, 5) is 12.7. The number of sulfonamides is 1. The Balaban J connectivity index is 1.89. The Morgan fingerprint density at radius 2 is 1.38 bits per heavy atom. The van der Waals surface area contributed by atoms with E-state index in [-0.39, 0.29) is 11.3 Å². The Morgan fingerprint density at radius 1 is 0.828 bits per heavy atom. The molecule has 0 saturated carbocycles. The molecule has 0 aliphatic heterocycles. The van der Waals surface area contributed by atoms with Crippen LogP contribution in [0.3, 0.4) is 0 Å². The molecule has 0 aliphatic rings. The van der Waals surface area contributed by atoms with E-state index in [4.69, 9.17) is 0 Å². The first-order valence-corrected chi connectivity index (χ1v) is 10.2. The molecule has 0 radical (unpaired) electrons. The zero-order valence-corrected chi connectivity index (χ0v) is 16.0. The fourth-order valence-corrected chi connectivity index (χ4v) is 3.94. The number of anilines is 1. The van der Waals surface area contributed by atoms with Crippen molar-refractivity contribution in [3.63, 3.8) is 0 Å². The van der Waals surface area contributed by atoms with Crippen LogP contribution in [0.15, 0.2) is 83.8 Å². The average Bonchev–Trinajstić information content (AvgIpc) is 2.71. The number of amides is 1. The van der Waals surface area contributed by atoms with Crippen LogP contribution in [-0.4, -0.2) is 20.4 Å². The van der Waals surface area contributed by atoms with E-state index in [2.05, 4.69) is 10.0 Å². The van der Waals surface area contributed by atoms with E-state index in [0.717, 1.165) is 12.1 Å². The van der Waals surface area contributed by atoms with Crippen molar-refractivity contribution in [3.05, 3.63) is 96.1 Å². The van der Waals surface area contributed by atoms with Gasteiger partial charge in [0.15, 0.2) is 0 Å². The van der Waals surface area contributed by atoms with Crippen LogP contribution < -0.4 is 10.0 Å². The molecule has 0 spiro atoms. The van der Waals surface area contributed by atoms with Gasteiger partial charge in [0.25, 0.3) is 0 Å². The molecule has 0 aromatic heterocycles. The van der Waals surface area contributed by atoms with E-state index in [1.54, 1.807) is 48.5 Å². The van der Waals surface area contributed by atoms with Crippen molar-refractivity contribution in [1.29, 1.82) is 0 Å². The van der Waals surface area contributed by atoms with Gasteiger partial charge >= 0.3 is 0 Å². The number of rotatable bonds is 7. The van der Waals surface area contributed by atoms with Gasteiger partial charge in [0.05, 0.1) is 4.90 Å². The number of hydrogen-bond donors (Lipinski definition) is 2. The lowest BCUT2D eigenvalue weighted by Gasteiger charge is -2.19. The Bertz CT molecular complexity index is 1070. The summed E-state index contributed by atoms with van der Waals surface area (Å²) in [5.41, 5.74) is 0.0480. The van der Waals surface area contributed by atoms with E-state index in [0.29, 0.717) is 5.56 Å². The number of hydrogen-bond acceptors (Lipinski definition) is 3. The second-order valence-corrected chi connectivity index (χ2v) is 7.98. The van der Waals surface area contributed by atoms with E-state index >= 15 is 0 Å². The quantitative estimate of drug-likeness (QED) is 0.619. The Hall–Kier alpha value is -3.10. The van der Waals surface area contributed by atoms with Crippen LogP contribution in [0.5, 0.6) is 0 Å². The number of benzene rings is 3. The van der Waals surface area contributed by atoms with Gasteiger partial charge in [-0.2, -0.15) is 4.72 Å². The monoisotopic (exact) mass is 416 g/mol. The van der Waals surface area contributed by atoms with Crippen LogP contribution in [0, 0.1) is 11.6 Å².